The van der Waals surface area contributed by atoms with Crippen molar-refractivity contribution in [3.63, 3.8) is 0 Å². The van der Waals surface area contributed by atoms with E-state index in [4.69, 9.17) is 15.8 Å². The highest BCUT2D eigenvalue weighted by Gasteiger charge is 2.27. The highest BCUT2D eigenvalue weighted by molar-refractivity contribution is 6.05. The van der Waals surface area contributed by atoms with E-state index < -0.39 is 5.91 Å². The topological polar surface area (TPSA) is 77.0 Å². The highest BCUT2D eigenvalue weighted by Crippen LogP contribution is 2.31. The Morgan fingerprint density at radius 2 is 1.82 bits per heavy atom. The Morgan fingerprint density at radius 1 is 1.06 bits per heavy atom. The Hall–Kier alpha value is -3.51. The number of hydrogen-bond donors (Lipinski definition) is 1. The average Bonchev–Trinajstić information content (AvgIpc) is 3.39. The smallest absolute Gasteiger partial charge is 0.249 e. The second kappa shape index (κ2) is 8.79. The Labute approximate surface area is 194 Å². The second-order valence-electron chi connectivity index (χ2n) is 8.99. The molecule has 0 spiro atoms. The van der Waals surface area contributed by atoms with E-state index >= 15 is 0 Å². The van der Waals surface area contributed by atoms with Crippen LogP contribution in [0.15, 0.2) is 60.7 Å². The number of amides is 1. The van der Waals surface area contributed by atoms with Crippen LogP contribution in [0.25, 0.3) is 10.9 Å². The van der Waals surface area contributed by atoms with Gasteiger partial charge < -0.3 is 5.73 Å². The molecular weight excluding hydrogens is 410 g/mol. The normalized spacial score (nSPS) is 16.5. The molecule has 4 aromatic rings. The van der Waals surface area contributed by atoms with Crippen molar-refractivity contribution in [3.8, 4) is 0 Å². The summed E-state index contributed by atoms with van der Waals surface area (Å²) in [5.74, 6) is -0.116. The van der Waals surface area contributed by atoms with Gasteiger partial charge >= 0.3 is 0 Å². The van der Waals surface area contributed by atoms with E-state index in [0.29, 0.717) is 5.56 Å². The maximum atomic E-state index is 12.1. The van der Waals surface area contributed by atoms with Gasteiger partial charge in [0.1, 0.15) is 0 Å². The molecule has 0 saturated carbocycles. The molecule has 2 N–H and O–H groups in total. The molecule has 1 amide bonds. The van der Waals surface area contributed by atoms with Gasteiger partial charge in [-0.3, -0.25) is 19.4 Å². The number of fused-ring (bicyclic) bond motifs is 1. The Balaban J connectivity index is 1.34. The SMILES string of the molecule is Cc1nn(Cc2ccccc2)c(C)c1CN1CC[C@H](c2cc(C(N)=O)c3ccccc3n2)C1. The van der Waals surface area contributed by atoms with Crippen LogP contribution in [-0.4, -0.2) is 38.7 Å². The maximum Gasteiger partial charge on any atom is 0.249 e. The number of aromatic nitrogens is 3. The summed E-state index contributed by atoms with van der Waals surface area (Å²) in [4.78, 5) is 19.4. The third-order valence-corrected chi connectivity index (χ3v) is 6.78. The fraction of sp³-hybridized carbons (Fsp3) is 0.296. The van der Waals surface area contributed by atoms with Gasteiger partial charge in [0, 0.05) is 41.3 Å². The first kappa shape index (κ1) is 21.3. The lowest BCUT2D eigenvalue weighted by atomic mass is 9.99. The summed E-state index contributed by atoms with van der Waals surface area (Å²) in [5, 5.41) is 5.64. The van der Waals surface area contributed by atoms with Gasteiger partial charge in [-0.05, 0) is 44.5 Å². The first-order valence-electron chi connectivity index (χ1n) is 11.5. The molecule has 5 rings (SSSR count). The lowest BCUT2D eigenvalue weighted by Crippen LogP contribution is -2.21. The van der Waals surface area contributed by atoms with Gasteiger partial charge in [0.05, 0.1) is 23.3 Å². The van der Waals surface area contributed by atoms with Gasteiger partial charge in [-0.25, -0.2) is 0 Å². The van der Waals surface area contributed by atoms with Gasteiger partial charge in [0.25, 0.3) is 0 Å². The Kier molecular flexibility index (Phi) is 5.68. The zero-order valence-electron chi connectivity index (χ0n) is 19.2. The van der Waals surface area contributed by atoms with Crippen molar-refractivity contribution in [3.05, 3.63) is 94.4 Å². The zero-order valence-corrected chi connectivity index (χ0v) is 19.2. The van der Waals surface area contributed by atoms with E-state index in [1.54, 1.807) is 0 Å². The molecule has 0 aliphatic carbocycles. The summed E-state index contributed by atoms with van der Waals surface area (Å²) in [7, 11) is 0. The van der Waals surface area contributed by atoms with Crippen molar-refractivity contribution in [1.29, 1.82) is 0 Å². The van der Waals surface area contributed by atoms with Gasteiger partial charge in [0.15, 0.2) is 0 Å². The predicted octanol–water partition coefficient (Wildman–Crippen LogP) is 4.18. The number of carbonyl (C=O) groups excluding carboxylic acids is 1. The molecule has 6 heteroatoms. The first-order chi connectivity index (χ1) is 16.0. The van der Waals surface area contributed by atoms with Crippen LogP contribution >= 0.6 is 0 Å². The summed E-state index contributed by atoms with van der Waals surface area (Å²) in [6.07, 6.45) is 1.01. The molecule has 1 aliphatic heterocycles. The van der Waals surface area contributed by atoms with Crippen molar-refractivity contribution in [2.24, 2.45) is 5.73 Å². The van der Waals surface area contributed by atoms with Crippen LogP contribution < -0.4 is 5.73 Å². The molecule has 2 aromatic carbocycles. The predicted molar refractivity (Wildman–Crippen MR) is 130 cm³/mol. The van der Waals surface area contributed by atoms with E-state index in [-0.39, 0.29) is 5.92 Å². The molecule has 33 heavy (non-hydrogen) atoms. The number of benzene rings is 2. The van der Waals surface area contributed by atoms with Crippen LogP contribution in [0.3, 0.4) is 0 Å². The van der Waals surface area contributed by atoms with Gasteiger partial charge in [0.2, 0.25) is 5.91 Å². The molecule has 1 fully saturated rings. The fourth-order valence-electron chi connectivity index (χ4n) is 4.92. The average molecular weight is 440 g/mol. The summed E-state index contributed by atoms with van der Waals surface area (Å²) < 4.78 is 2.11. The zero-order chi connectivity index (χ0) is 22.9. The number of likely N-dealkylation sites (tertiary alicyclic amines) is 1. The lowest BCUT2D eigenvalue weighted by Gasteiger charge is -2.17. The summed E-state index contributed by atoms with van der Waals surface area (Å²) >= 11 is 0. The summed E-state index contributed by atoms with van der Waals surface area (Å²) in [6, 6.07) is 20.1. The number of hydrogen-bond acceptors (Lipinski definition) is 4. The third kappa shape index (κ3) is 4.26. The Morgan fingerprint density at radius 3 is 2.61 bits per heavy atom. The first-order valence-corrected chi connectivity index (χ1v) is 11.5. The molecule has 0 radical (unpaired) electrons. The highest BCUT2D eigenvalue weighted by atomic mass is 16.1. The number of carbonyl (C=O) groups is 1. The van der Waals surface area contributed by atoms with Crippen LogP contribution in [0.4, 0.5) is 0 Å². The van der Waals surface area contributed by atoms with Crippen molar-refractivity contribution in [2.45, 2.75) is 39.3 Å². The monoisotopic (exact) mass is 439 g/mol. The van der Waals surface area contributed by atoms with E-state index in [9.17, 15) is 4.79 Å². The maximum absolute atomic E-state index is 12.1. The van der Waals surface area contributed by atoms with Gasteiger partial charge in [-0.2, -0.15) is 5.10 Å². The number of pyridine rings is 1. The van der Waals surface area contributed by atoms with Crippen LogP contribution in [0.1, 0.15) is 50.9 Å². The van der Waals surface area contributed by atoms with Gasteiger partial charge in [-0.15, -0.1) is 0 Å². The summed E-state index contributed by atoms with van der Waals surface area (Å²) in [5.41, 5.74) is 12.9. The van der Waals surface area contributed by atoms with Crippen molar-refractivity contribution in [2.75, 3.05) is 13.1 Å². The molecular formula is C27H29N5O. The summed E-state index contributed by atoms with van der Waals surface area (Å²) in [6.45, 7) is 7.82. The van der Waals surface area contributed by atoms with Crippen LogP contribution in [0, 0.1) is 13.8 Å². The van der Waals surface area contributed by atoms with Crippen molar-refractivity contribution < 1.29 is 4.79 Å². The molecule has 3 heterocycles. The molecule has 1 aliphatic rings. The minimum Gasteiger partial charge on any atom is -0.366 e. The number of aryl methyl sites for hydroxylation is 1. The second-order valence-corrected chi connectivity index (χ2v) is 8.99. The quantitative estimate of drug-likeness (QED) is 0.489. The van der Waals surface area contributed by atoms with Crippen molar-refractivity contribution in [1.82, 2.24) is 19.7 Å². The van der Waals surface area contributed by atoms with Crippen LogP contribution in [0.5, 0.6) is 0 Å². The Bertz CT molecular complexity index is 1310. The molecule has 0 bridgehead atoms. The molecule has 2 aromatic heterocycles. The number of nitrogens with zero attached hydrogens (tertiary/aromatic N) is 4. The van der Waals surface area contributed by atoms with E-state index in [2.05, 4.69) is 47.7 Å². The number of rotatable bonds is 6. The molecule has 1 saturated heterocycles. The van der Waals surface area contributed by atoms with Crippen LogP contribution in [-0.2, 0) is 13.1 Å². The molecule has 6 nitrogen and oxygen atoms in total. The minimum absolute atomic E-state index is 0.285. The van der Waals surface area contributed by atoms with Crippen molar-refractivity contribution >= 4 is 16.8 Å². The number of para-hydroxylation sites is 1. The third-order valence-electron chi connectivity index (χ3n) is 6.78. The van der Waals surface area contributed by atoms with Gasteiger partial charge in [-0.1, -0.05) is 48.5 Å². The lowest BCUT2D eigenvalue weighted by molar-refractivity contribution is 0.100. The molecule has 1 atom stereocenters. The van der Waals surface area contributed by atoms with E-state index in [1.165, 1.54) is 16.8 Å². The van der Waals surface area contributed by atoms with Crippen LogP contribution in [0.2, 0.25) is 0 Å². The largest absolute Gasteiger partial charge is 0.366 e. The number of nitrogens with two attached hydrogens (primary N) is 1. The van der Waals surface area contributed by atoms with E-state index in [1.807, 2.05) is 36.4 Å². The fourth-order valence-corrected chi connectivity index (χ4v) is 4.92. The molecule has 168 valence electrons. The molecule has 0 unspecified atom stereocenters. The van der Waals surface area contributed by atoms with E-state index in [0.717, 1.165) is 54.9 Å². The minimum atomic E-state index is -0.401. The number of primary amides is 1. The standard InChI is InChI=1S/C27H29N5O/c1-18-24(19(2)32(30-18)15-20-8-4-3-5-9-20)17-31-13-12-21(16-31)26-14-23(27(28)33)22-10-6-7-11-25(22)29-26/h3-11,14,21H,12-13,15-17H2,1-2H3,(H2,28,33)/t21-/m0/s1.